The summed E-state index contributed by atoms with van der Waals surface area (Å²) >= 11 is 0. The van der Waals surface area contributed by atoms with Crippen LogP contribution in [0.3, 0.4) is 0 Å². The number of aromatic nitrogens is 3. The van der Waals surface area contributed by atoms with Gasteiger partial charge in [0.05, 0.1) is 5.69 Å². The maximum absolute atomic E-state index is 14.2. The minimum Gasteiger partial charge on any atom is -0.366 e. The number of primary amides is 1. The highest BCUT2D eigenvalue weighted by Crippen LogP contribution is 2.39. The molecule has 3 aromatic rings. The topological polar surface area (TPSA) is 97.0 Å². The van der Waals surface area contributed by atoms with Gasteiger partial charge in [-0.1, -0.05) is 30.3 Å². The Kier molecular flexibility index (Phi) is 4.84. The van der Waals surface area contributed by atoms with Crippen molar-refractivity contribution < 1.29 is 9.18 Å². The molecule has 2 aromatic carbocycles. The number of nitrogens with two attached hydrogens (primary N) is 1. The first kappa shape index (κ1) is 18.8. The maximum Gasteiger partial charge on any atom is 0.249 e. The molecule has 0 aliphatic carbocycles. The number of halogens is 1. The van der Waals surface area contributed by atoms with Crippen molar-refractivity contribution in [2.24, 2.45) is 5.73 Å². The van der Waals surface area contributed by atoms with Crippen LogP contribution in [0.15, 0.2) is 42.5 Å². The number of nitrogens with one attached hydrogen (secondary N) is 1. The Bertz CT molecular complexity index is 1070. The lowest BCUT2D eigenvalue weighted by atomic mass is 10.0. The molecule has 3 N–H and O–H groups in total. The van der Waals surface area contributed by atoms with E-state index < -0.39 is 11.7 Å². The number of carbonyl (C=O) groups excluding carboxylic acids is 1. The van der Waals surface area contributed by atoms with Crippen LogP contribution >= 0.6 is 0 Å². The zero-order chi connectivity index (χ0) is 20.5. The van der Waals surface area contributed by atoms with Crippen molar-refractivity contribution in [3.05, 3.63) is 70.8 Å². The van der Waals surface area contributed by atoms with E-state index in [4.69, 9.17) is 5.73 Å². The standard InChI is InChI=1S/C21H21FN6O/c1-12-8-16-17(19(23)29)9-15(22)10-18(16)28(12)21-26-13(2)25-20(27-21)24-11-14-6-4-3-5-7-14/h3-7,9-10,12H,8,11H2,1-2H3,(H2,23,29)(H,24,25,26,27). The normalized spacial score (nSPS) is 15.3. The fraction of sp³-hybridized carbons (Fsp3) is 0.238. The van der Waals surface area contributed by atoms with E-state index in [-0.39, 0.29) is 11.6 Å². The molecule has 148 valence electrons. The van der Waals surface area contributed by atoms with E-state index in [0.29, 0.717) is 41.9 Å². The van der Waals surface area contributed by atoms with Crippen LogP contribution in [0.5, 0.6) is 0 Å². The van der Waals surface area contributed by atoms with E-state index in [0.717, 1.165) is 5.56 Å². The van der Waals surface area contributed by atoms with E-state index in [2.05, 4.69) is 20.3 Å². The van der Waals surface area contributed by atoms with E-state index in [1.165, 1.54) is 12.1 Å². The van der Waals surface area contributed by atoms with Crippen molar-refractivity contribution in [3.8, 4) is 0 Å². The van der Waals surface area contributed by atoms with Gasteiger partial charge in [0.1, 0.15) is 11.6 Å². The summed E-state index contributed by atoms with van der Waals surface area (Å²) in [6, 6.07) is 12.4. The van der Waals surface area contributed by atoms with Gasteiger partial charge in [0.2, 0.25) is 17.8 Å². The fourth-order valence-corrected chi connectivity index (χ4v) is 3.63. The van der Waals surface area contributed by atoms with Crippen LogP contribution in [0.1, 0.15) is 34.2 Å². The summed E-state index contributed by atoms with van der Waals surface area (Å²) in [6.07, 6.45) is 0.547. The molecule has 0 fully saturated rings. The van der Waals surface area contributed by atoms with Gasteiger partial charge in [-0.15, -0.1) is 0 Å². The Morgan fingerprint density at radius 1 is 1.24 bits per heavy atom. The van der Waals surface area contributed by atoms with E-state index in [9.17, 15) is 9.18 Å². The quantitative estimate of drug-likeness (QED) is 0.692. The van der Waals surface area contributed by atoms with E-state index in [1.807, 2.05) is 42.2 Å². The van der Waals surface area contributed by atoms with Crippen LogP contribution in [0.25, 0.3) is 0 Å². The van der Waals surface area contributed by atoms with Crippen molar-refractivity contribution in [1.82, 2.24) is 15.0 Å². The second-order valence-electron chi connectivity index (χ2n) is 7.08. The van der Waals surface area contributed by atoms with Crippen LogP contribution in [0, 0.1) is 12.7 Å². The molecule has 0 bridgehead atoms. The van der Waals surface area contributed by atoms with Crippen molar-refractivity contribution in [1.29, 1.82) is 0 Å². The molecule has 8 heteroatoms. The number of rotatable bonds is 5. The van der Waals surface area contributed by atoms with E-state index in [1.54, 1.807) is 6.92 Å². The first-order valence-electron chi connectivity index (χ1n) is 9.34. The van der Waals surface area contributed by atoms with Crippen LogP contribution < -0.4 is 16.0 Å². The molecule has 0 saturated carbocycles. The Hall–Kier alpha value is -3.55. The molecule has 29 heavy (non-hydrogen) atoms. The summed E-state index contributed by atoms with van der Waals surface area (Å²) < 4.78 is 14.2. The summed E-state index contributed by atoms with van der Waals surface area (Å²) in [5.41, 5.74) is 8.02. The minimum absolute atomic E-state index is 0.0614. The molecule has 7 nitrogen and oxygen atoms in total. The molecule has 1 unspecified atom stereocenters. The van der Waals surface area contributed by atoms with Gasteiger partial charge < -0.3 is 16.0 Å². The van der Waals surface area contributed by atoms with Crippen molar-refractivity contribution >= 4 is 23.5 Å². The lowest BCUT2D eigenvalue weighted by Crippen LogP contribution is -2.26. The van der Waals surface area contributed by atoms with Gasteiger partial charge in [0.15, 0.2) is 0 Å². The fourth-order valence-electron chi connectivity index (χ4n) is 3.63. The number of amides is 1. The van der Waals surface area contributed by atoms with Crippen molar-refractivity contribution in [2.45, 2.75) is 32.9 Å². The Morgan fingerprint density at radius 3 is 2.72 bits per heavy atom. The van der Waals surface area contributed by atoms with Crippen LogP contribution in [0.2, 0.25) is 0 Å². The third-order valence-corrected chi connectivity index (χ3v) is 4.90. The molecule has 1 amide bonds. The third-order valence-electron chi connectivity index (χ3n) is 4.90. The molecular formula is C21H21FN6O. The second kappa shape index (κ2) is 7.46. The van der Waals surface area contributed by atoms with Crippen LogP contribution in [0.4, 0.5) is 22.0 Å². The van der Waals surface area contributed by atoms with Gasteiger partial charge in [-0.25, -0.2) is 4.39 Å². The Morgan fingerprint density at radius 2 is 2.00 bits per heavy atom. The average molecular weight is 392 g/mol. The number of nitrogens with zero attached hydrogens (tertiary/aromatic N) is 4. The molecule has 0 saturated heterocycles. The van der Waals surface area contributed by atoms with Gasteiger partial charge in [-0.2, -0.15) is 15.0 Å². The molecule has 1 aromatic heterocycles. The molecule has 1 atom stereocenters. The van der Waals surface area contributed by atoms with Gasteiger partial charge in [-0.05, 0) is 43.5 Å². The van der Waals surface area contributed by atoms with Gasteiger partial charge in [0, 0.05) is 18.2 Å². The molecule has 0 radical (unpaired) electrons. The van der Waals surface area contributed by atoms with Crippen molar-refractivity contribution in [2.75, 3.05) is 10.2 Å². The predicted molar refractivity (Wildman–Crippen MR) is 109 cm³/mol. The summed E-state index contributed by atoms with van der Waals surface area (Å²) in [5.74, 6) is 0.207. The molecule has 4 rings (SSSR count). The lowest BCUT2D eigenvalue weighted by Gasteiger charge is -2.23. The predicted octanol–water partition coefficient (Wildman–Crippen LogP) is 3.11. The van der Waals surface area contributed by atoms with Gasteiger partial charge in [-0.3, -0.25) is 4.79 Å². The zero-order valence-corrected chi connectivity index (χ0v) is 16.2. The molecule has 0 spiro atoms. The number of hydrogen-bond donors (Lipinski definition) is 2. The summed E-state index contributed by atoms with van der Waals surface area (Å²) in [7, 11) is 0. The molecule has 1 aliphatic heterocycles. The number of aryl methyl sites for hydroxylation is 1. The highest BCUT2D eigenvalue weighted by molar-refractivity contribution is 5.97. The zero-order valence-electron chi connectivity index (χ0n) is 16.2. The number of anilines is 3. The first-order valence-corrected chi connectivity index (χ1v) is 9.34. The van der Waals surface area contributed by atoms with Crippen LogP contribution in [-0.4, -0.2) is 26.9 Å². The third kappa shape index (κ3) is 3.73. The first-order chi connectivity index (χ1) is 13.9. The summed E-state index contributed by atoms with van der Waals surface area (Å²) in [4.78, 5) is 26.9. The second-order valence-corrected chi connectivity index (χ2v) is 7.08. The van der Waals surface area contributed by atoms with Crippen LogP contribution in [-0.2, 0) is 13.0 Å². The minimum atomic E-state index is -0.646. The highest BCUT2D eigenvalue weighted by atomic mass is 19.1. The number of carbonyl (C=O) groups is 1. The molecular weight excluding hydrogens is 371 g/mol. The number of benzene rings is 2. The van der Waals surface area contributed by atoms with Gasteiger partial charge in [0.25, 0.3) is 0 Å². The lowest BCUT2D eigenvalue weighted by molar-refractivity contribution is 0.0999. The largest absolute Gasteiger partial charge is 0.366 e. The van der Waals surface area contributed by atoms with Crippen molar-refractivity contribution in [3.63, 3.8) is 0 Å². The monoisotopic (exact) mass is 392 g/mol. The Balaban J connectivity index is 1.69. The number of fused-ring (bicyclic) bond motifs is 1. The summed E-state index contributed by atoms with van der Waals surface area (Å²) in [5, 5.41) is 3.21. The molecule has 2 heterocycles. The maximum atomic E-state index is 14.2. The summed E-state index contributed by atoms with van der Waals surface area (Å²) in [6.45, 7) is 4.32. The molecule has 1 aliphatic rings. The highest BCUT2D eigenvalue weighted by Gasteiger charge is 2.33. The number of hydrogen-bond acceptors (Lipinski definition) is 6. The average Bonchev–Trinajstić information content (AvgIpc) is 3.01. The smallest absolute Gasteiger partial charge is 0.249 e. The Labute approximate surface area is 167 Å². The van der Waals surface area contributed by atoms with E-state index >= 15 is 0 Å². The SMILES string of the molecule is Cc1nc(NCc2ccccc2)nc(N2c3cc(F)cc(C(N)=O)c3CC2C)n1. The van der Waals surface area contributed by atoms with Gasteiger partial charge >= 0.3 is 0 Å².